The second-order valence-corrected chi connectivity index (χ2v) is 4.22. The highest BCUT2D eigenvalue weighted by atomic mass is 16.2. The maximum Gasteiger partial charge on any atom is 0.248 e. The fraction of sp³-hybridized carbons (Fsp3) is 0.818. The van der Waals surface area contributed by atoms with Crippen molar-refractivity contribution in [2.45, 2.75) is 52.4 Å². The molecule has 0 aromatic heterocycles. The Morgan fingerprint density at radius 3 is 2.88 bits per heavy atom. The van der Waals surface area contributed by atoms with Gasteiger partial charge in [-0.1, -0.05) is 20.3 Å². The molecule has 2 fully saturated rings. The molecule has 0 bridgehead atoms. The summed E-state index contributed by atoms with van der Waals surface area (Å²) in [5.74, 6) is 1.19. The minimum atomic E-state index is -0.165. The van der Waals surface area contributed by atoms with Gasteiger partial charge < -0.3 is 0 Å². The lowest BCUT2D eigenvalue weighted by atomic mass is 10.0. The third-order valence-electron chi connectivity index (χ3n) is 3.28. The van der Waals surface area contributed by atoms with Crippen molar-refractivity contribution in [3.63, 3.8) is 0 Å². The molecule has 2 aliphatic heterocycles. The summed E-state index contributed by atoms with van der Waals surface area (Å²) < 4.78 is 0. The lowest BCUT2D eigenvalue weighted by molar-refractivity contribution is -0.144. The number of hydrogen-bond acceptors (Lipinski definition) is 4. The number of fused-ring (bicyclic) bond motifs is 2. The van der Waals surface area contributed by atoms with Gasteiger partial charge in [-0.2, -0.15) is 0 Å². The van der Waals surface area contributed by atoms with Crippen molar-refractivity contribution in [1.82, 2.24) is 15.8 Å². The van der Waals surface area contributed by atoms with E-state index in [1.54, 1.807) is 5.01 Å². The molecule has 5 heteroatoms. The smallest absolute Gasteiger partial charge is 0.248 e. The summed E-state index contributed by atoms with van der Waals surface area (Å²) in [6.45, 7) is 5.88. The Kier molecular flexibility index (Phi) is 3.14. The summed E-state index contributed by atoms with van der Waals surface area (Å²) in [4.78, 5) is 16.3. The molecule has 2 heterocycles. The molecule has 3 rings (SSSR count). The molecule has 1 saturated carbocycles. The van der Waals surface area contributed by atoms with E-state index in [4.69, 9.17) is 0 Å². The van der Waals surface area contributed by atoms with Gasteiger partial charge in [-0.3, -0.25) is 15.5 Å². The van der Waals surface area contributed by atoms with Crippen molar-refractivity contribution in [3.05, 3.63) is 0 Å². The van der Waals surface area contributed by atoms with E-state index in [2.05, 4.69) is 15.7 Å². The number of carbonyl (C=O) groups excluding carboxylic acids is 1. The lowest BCUT2D eigenvalue weighted by Gasteiger charge is -2.36. The number of carbonyl (C=O) groups is 1. The standard InChI is InChI=1S/C9H14N4O.C2H6/c1-5-10-9-11-7-4-2-3-6(7)8(14)13(9)12-5;1-2/h6-7,9,11H,2-4H2,1H3,(H,10,12);1-2H3. The van der Waals surface area contributed by atoms with E-state index >= 15 is 0 Å². The van der Waals surface area contributed by atoms with Crippen LogP contribution < -0.4 is 10.7 Å². The Morgan fingerprint density at radius 2 is 2.12 bits per heavy atom. The number of nitrogens with one attached hydrogen (secondary N) is 2. The van der Waals surface area contributed by atoms with Gasteiger partial charge in [0.2, 0.25) is 5.91 Å². The Hall–Kier alpha value is -1.10. The lowest BCUT2D eigenvalue weighted by Crippen LogP contribution is -2.62. The molecule has 0 aromatic carbocycles. The highest BCUT2D eigenvalue weighted by molar-refractivity contribution is 5.88. The number of hydrazine groups is 1. The van der Waals surface area contributed by atoms with Crippen LogP contribution in [-0.2, 0) is 4.79 Å². The molecule has 90 valence electrons. The van der Waals surface area contributed by atoms with Crippen LogP contribution in [0.5, 0.6) is 0 Å². The van der Waals surface area contributed by atoms with Crippen LogP contribution in [-0.4, -0.2) is 29.1 Å². The third-order valence-corrected chi connectivity index (χ3v) is 3.28. The van der Waals surface area contributed by atoms with E-state index in [0.717, 1.165) is 25.1 Å². The summed E-state index contributed by atoms with van der Waals surface area (Å²) in [7, 11) is 0. The molecular weight excluding hydrogens is 204 g/mol. The van der Waals surface area contributed by atoms with Crippen LogP contribution in [0.25, 0.3) is 0 Å². The molecule has 0 aromatic rings. The van der Waals surface area contributed by atoms with Crippen molar-refractivity contribution in [2.24, 2.45) is 10.9 Å². The molecule has 2 N–H and O–H groups in total. The van der Waals surface area contributed by atoms with E-state index in [9.17, 15) is 4.79 Å². The maximum absolute atomic E-state index is 12.0. The number of amides is 1. The fourth-order valence-electron chi connectivity index (χ4n) is 2.62. The van der Waals surface area contributed by atoms with Gasteiger partial charge >= 0.3 is 0 Å². The zero-order valence-corrected chi connectivity index (χ0v) is 10.2. The Labute approximate surface area is 96.3 Å². The van der Waals surface area contributed by atoms with E-state index < -0.39 is 0 Å². The summed E-state index contributed by atoms with van der Waals surface area (Å²) >= 11 is 0. The van der Waals surface area contributed by atoms with Crippen molar-refractivity contribution < 1.29 is 4.79 Å². The van der Waals surface area contributed by atoms with Gasteiger partial charge in [0.25, 0.3) is 0 Å². The molecular formula is C11H20N4O. The van der Waals surface area contributed by atoms with Gasteiger partial charge in [0.15, 0.2) is 6.29 Å². The Balaban J connectivity index is 0.000000457. The SMILES string of the molecule is CC.CC1=NC2NC3CCCC3C(=O)N2N1. The summed E-state index contributed by atoms with van der Waals surface area (Å²) in [5, 5.41) is 5.02. The first-order valence-electron chi connectivity index (χ1n) is 6.16. The van der Waals surface area contributed by atoms with E-state index in [1.807, 2.05) is 20.8 Å². The quantitative estimate of drug-likeness (QED) is 0.641. The minimum Gasteiger partial charge on any atom is -0.280 e. The van der Waals surface area contributed by atoms with Crippen LogP contribution in [0, 0.1) is 5.92 Å². The molecule has 1 saturated heterocycles. The normalized spacial score (nSPS) is 35.7. The topological polar surface area (TPSA) is 56.7 Å². The van der Waals surface area contributed by atoms with Crippen LogP contribution in [0.3, 0.4) is 0 Å². The fourth-order valence-corrected chi connectivity index (χ4v) is 2.62. The largest absolute Gasteiger partial charge is 0.280 e. The number of aliphatic imine (C=N–C) groups is 1. The van der Waals surface area contributed by atoms with Crippen molar-refractivity contribution in [2.75, 3.05) is 0 Å². The van der Waals surface area contributed by atoms with Gasteiger partial charge in [0.1, 0.15) is 5.84 Å². The first-order valence-corrected chi connectivity index (χ1v) is 6.16. The third kappa shape index (κ3) is 1.69. The zero-order valence-electron chi connectivity index (χ0n) is 10.2. The summed E-state index contributed by atoms with van der Waals surface area (Å²) in [6, 6.07) is 0.347. The Bertz CT molecular complexity index is 315. The number of rotatable bonds is 0. The first-order chi connectivity index (χ1) is 7.75. The van der Waals surface area contributed by atoms with E-state index in [-0.39, 0.29) is 18.1 Å². The monoisotopic (exact) mass is 224 g/mol. The maximum atomic E-state index is 12.0. The van der Waals surface area contributed by atoms with Gasteiger partial charge in [0, 0.05) is 6.04 Å². The summed E-state index contributed by atoms with van der Waals surface area (Å²) in [6.07, 6.45) is 3.11. The van der Waals surface area contributed by atoms with Crippen LogP contribution in [0.1, 0.15) is 40.0 Å². The van der Waals surface area contributed by atoms with Crippen molar-refractivity contribution >= 4 is 11.7 Å². The molecule has 3 unspecified atom stereocenters. The van der Waals surface area contributed by atoms with Gasteiger partial charge in [-0.15, -0.1) is 0 Å². The molecule has 5 nitrogen and oxygen atoms in total. The highest BCUT2D eigenvalue weighted by Gasteiger charge is 2.45. The average Bonchev–Trinajstić information content (AvgIpc) is 2.87. The van der Waals surface area contributed by atoms with Gasteiger partial charge in [-0.25, -0.2) is 10.0 Å². The molecule has 1 aliphatic carbocycles. The summed E-state index contributed by atoms with van der Waals surface area (Å²) in [5.41, 5.74) is 2.99. The van der Waals surface area contributed by atoms with Crippen molar-refractivity contribution in [1.29, 1.82) is 0 Å². The van der Waals surface area contributed by atoms with Gasteiger partial charge in [0.05, 0.1) is 5.92 Å². The first kappa shape index (κ1) is 11.4. The highest BCUT2D eigenvalue weighted by Crippen LogP contribution is 2.32. The second-order valence-electron chi connectivity index (χ2n) is 4.22. The van der Waals surface area contributed by atoms with E-state index in [0.29, 0.717) is 6.04 Å². The van der Waals surface area contributed by atoms with Crippen LogP contribution in [0.2, 0.25) is 0 Å². The number of hydrogen-bond donors (Lipinski definition) is 2. The molecule has 3 aliphatic rings. The van der Waals surface area contributed by atoms with Gasteiger partial charge in [-0.05, 0) is 19.8 Å². The number of amidine groups is 1. The predicted octanol–water partition coefficient (Wildman–Crippen LogP) is 0.833. The van der Waals surface area contributed by atoms with Crippen LogP contribution >= 0.6 is 0 Å². The molecule has 3 atom stereocenters. The zero-order chi connectivity index (χ0) is 11.7. The van der Waals surface area contributed by atoms with Crippen LogP contribution in [0.4, 0.5) is 0 Å². The van der Waals surface area contributed by atoms with Crippen molar-refractivity contribution in [3.8, 4) is 0 Å². The number of nitrogens with zero attached hydrogens (tertiary/aromatic N) is 2. The van der Waals surface area contributed by atoms with E-state index in [1.165, 1.54) is 0 Å². The molecule has 0 spiro atoms. The molecule has 0 radical (unpaired) electrons. The minimum absolute atomic E-state index is 0.165. The molecule has 1 amide bonds. The predicted molar refractivity (Wildman–Crippen MR) is 62.5 cm³/mol. The second kappa shape index (κ2) is 4.41. The van der Waals surface area contributed by atoms with Crippen LogP contribution in [0.15, 0.2) is 4.99 Å². The Morgan fingerprint density at radius 1 is 1.38 bits per heavy atom. The molecule has 16 heavy (non-hydrogen) atoms. The average molecular weight is 224 g/mol.